The van der Waals surface area contributed by atoms with Gasteiger partial charge < -0.3 is 0 Å². The fourth-order valence-electron chi connectivity index (χ4n) is 1.74. The lowest BCUT2D eigenvalue weighted by molar-refractivity contribution is 1.72. The molecule has 2 heteroatoms. The van der Waals surface area contributed by atoms with Crippen LogP contribution >= 0.6 is 15.9 Å². The Kier molecular flexibility index (Phi) is 3.75. The van der Waals surface area contributed by atoms with Crippen LogP contribution in [0.4, 0.5) is 0 Å². The molecule has 2 aromatic rings. The van der Waals surface area contributed by atoms with Crippen LogP contribution in [0.1, 0.15) is 0 Å². The van der Waals surface area contributed by atoms with Crippen LogP contribution in [0.2, 0.25) is 0 Å². The summed E-state index contributed by atoms with van der Waals surface area (Å²) >= 11 is 3.65. The Labute approximate surface area is 101 Å². The molecule has 0 unspecified atom stereocenters. The highest BCUT2D eigenvalue weighted by molar-refractivity contribution is 9.09. The Balaban J connectivity index is 2.34. The summed E-state index contributed by atoms with van der Waals surface area (Å²) in [5.74, 6) is 0. The molecule has 0 heterocycles. The van der Waals surface area contributed by atoms with Crippen molar-refractivity contribution in [3.8, 4) is 0 Å². The van der Waals surface area contributed by atoms with Crippen molar-refractivity contribution in [2.75, 3.05) is 4.95 Å². The molecule has 2 aromatic carbocycles. The van der Waals surface area contributed by atoms with Gasteiger partial charge in [-0.05, 0) is 0 Å². The molecule has 0 aliphatic carbocycles. The normalized spacial score (nSPS) is 10.5. The van der Waals surface area contributed by atoms with E-state index in [2.05, 4.69) is 76.6 Å². The van der Waals surface area contributed by atoms with Gasteiger partial charge in [0.25, 0.3) is 0 Å². The third-order valence-electron chi connectivity index (χ3n) is 2.56. The lowest BCUT2D eigenvalue weighted by Crippen LogP contribution is -2.43. The Hall–Kier alpha value is -0.863. The van der Waals surface area contributed by atoms with Gasteiger partial charge in [-0.2, -0.15) is 0 Å². The molecule has 15 heavy (non-hydrogen) atoms. The quantitative estimate of drug-likeness (QED) is 0.594. The van der Waals surface area contributed by atoms with Crippen molar-refractivity contribution in [3.63, 3.8) is 0 Å². The average molecular weight is 277 g/mol. The standard InChI is InChI=1S/C13H13BrSi/c14-11-15(12-7-3-1-4-8-12)13-9-5-2-6-10-13/h1-10,15H,11H2. The molecule has 0 fully saturated rings. The number of hydrogen-bond donors (Lipinski definition) is 0. The van der Waals surface area contributed by atoms with Gasteiger partial charge in [0.1, 0.15) is 8.80 Å². The van der Waals surface area contributed by atoms with E-state index in [1.807, 2.05) is 0 Å². The van der Waals surface area contributed by atoms with Crippen LogP contribution in [0, 0.1) is 0 Å². The van der Waals surface area contributed by atoms with Crippen LogP contribution in [0.3, 0.4) is 0 Å². The Morgan fingerprint density at radius 1 is 0.733 bits per heavy atom. The number of hydrogen-bond acceptors (Lipinski definition) is 0. The molecule has 0 N–H and O–H groups in total. The van der Waals surface area contributed by atoms with Gasteiger partial charge in [0.05, 0.1) is 0 Å². The van der Waals surface area contributed by atoms with Crippen molar-refractivity contribution in [1.29, 1.82) is 0 Å². The number of halogens is 1. The lowest BCUT2D eigenvalue weighted by Gasteiger charge is -2.12. The van der Waals surface area contributed by atoms with Gasteiger partial charge in [-0.15, -0.1) is 0 Å². The fourth-order valence-corrected chi connectivity index (χ4v) is 6.10. The van der Waals surface area contributed by atoms with Gasteiger partial charge >= 0.3 is 0 Å². The first kappa shape index (κ1) is 10.6. The van der Waals surface area contributed by atoms with Crippen molar-refractivity contribution in [2.45, 2.75) is 0 Å². The molecular formula is C13H13BrSi. The monoisotopic (exact) mass is 276 g/mol. The van der Waals surface area contributed by atoms with E-state index in [4.69, 9.17) is 0 Å². The fraction of sp³-hybridized carbons (Fsp3) is 0.0769. The van der Waals surface area contributed by atoms with Crippen molar-refractivity contribution < 1.29 is 0 Å². The molecule has 0 bridgehead atoms. The summed E-state index contributed by atoms with van der Waals surface area (Å²) in [6, 6.07) is 21.6. The van der Waals surface area contributed by atoms with E-state index >= 15 is 0 Å². The Bertz CT molecular complexity index is 360. The molecule has 0 nitrogen and oxygen atoms in total. The van der Waals surface area contributed by atoms with Crippen LogP contribution < -0.4 is 10.4 Å². The summed E-state index contributed by atoms with van der Waals surface area (Å²) in [6.07, 6.45) is 0. The topological polar surface area (TPSA) is 0 Å². The molecule has 0 amide bonds. The van der Waals surface area contributed by atoms with Crippen molar-refractivity contribution in [3.05, 3.63) is 60.7 Å². The number of benzene rings is 2. The predicted molar refractivity (Wildman–Crippen MR) is 73.1 cm³/mol. The highest BCUT2D eigenvalue weighted by Gasteiger charge is 2.13. The molecule has 2 rings (SSSR count). The van der Waals surface area contributed by atoms with E-state index in [1.165, 1.54) is 10.4 Å². The van der Waals surface area contributed by atoms with E-state index in [9.17, 15) is 0 Å². The Morgan fingerprint density at radius 3 is 1.47 bits per heavy atom. The van der Waals surface area contributed by atoms with Gasteiger partial charge in [0, 0.05) is 4.95 Å². The second-order valence-corrected chi connectivity index (χ2v) is 8.22. The van der Waals surface area contributed by atoms with Gasteiger partial charge in [-0.25, -0.2) is 0 Å². The van der Waals surface area contributed by atoms with E-state index < -0.39 is 8.80 Å². The first-order valence-corrected chi connectivity index (χ1v) is 8.17. The van der Waals surface area contributed by atoms with Crippen molar-refractivity contribution in [1.82, 2.24) is 0 Å². The van der Waals surface area contributed by atoms with Crippen LogP contribution in [-0.4, -0.2) is 13.8 Å². The molecule has 0 atom stereocenters. The molecule has 0 saturated heterocycles. The summed E-state index contributed by atoms with van der Waals surface area (Å²) in [5, 5.41) is 3.00. The predicted octanol–water partition coefficient (Wildman–Crippen LogP) is 1.96. The molecule has 0 aliphatic heterocycles. The molecule has 76 valence electrons. The maximum Gasteiger partial charge on any atom is 0.113 e. The van der Waals surface area contributed by atoms with Gasteiger partial charge in [0.2, 0.25) is 0 Å². The summed E-state index contributed by atoms with van der Waals surface area (Å²) in [7, 11) is -1.01. The summed E-state index contributed by atoms with van der Waals surface area (Å²) < 4.78 is 0. The van der Waals surface area contributed by atoms with Crippen LogP contribution in [-0.2, 0) is 0 Å². The third-order valence-corrected chi connectivity index (χ3v) is 7.19. The number of alkyl halides is 1. The van der Waals surface area contributed by atoms with Crippen LogP contribution in [0.25, 0.3) is 0 Å². The highest BCUT2D eigenvalue weighted by Crippen LogP contribution is 1.95. The van der Waals surface area contributed by atoms with Crippen LogP contribution in [0.15, 0.2) is 60.7 Å². The lowest BCUT2D eigenvalue weighted by atomic mass is 10.4. The largest absolute Gasteiger partial charge is 0.113 e. The minimum absolute atomic E-state index is 1.01. The van der Waals surface area contributed by atoms with Gasteiger partial charge in [-0.3, -0.25) is 0 Å². The van der Waals surface area contributed by atoms with E-state index in [-0.39, 0.29) is 0 Å². The molecule has 0 radical (unpaired) electrons. The first-order valence-electron chi connectivity index (χ1n) is 5.07. The zero-order valence-corrected chi connectivity index (χ0v) is 11.2. The maximum atomic E-state index is 3.65. The minimum atomic E-state index is -1.01. The molecular weight excluding hydrogens is 264 g/mol. The van der Waals surface area contributed by atoms with Gasteiger partial charge in [-0.1, -0.05) is 87.0 Å². The Morgan fingerprint density at radius 2 is 1.13 bits per heavy atom. The zero-order chi connectivity index (χ0) is 10.5. The van der Waals surface area contributed by atoms with Crippen LogP contribution in [0.5, 0.6) is 0 Å². The SMILES string of the molecule is BrC[SiH](c1ccccc1)c1ccccc1. The second kappa shape index (κ2) is 5.28. The van der Waals surface area contributed by atoms with E-state index in [0.717, 1.165) is 4.95 Å². The molecule has 0 aromatic heterocycles. The summed E-state index contributed by atoms with van der Waals surface area (Å²) in [4.78, 5) is 1.10. The average Bonchev–Trinajstić information content (AvgIpc) is 2.33. The minimum Gasteiger partial charge on any atom is -0.0957 e. The maximum absolute atomic E-state index is 3.65. The second-order valence-electron chi connectivity index (χ2n) is 3.53. The third kappa shape index (κ3) is 2.58. The van der Waals surface area contributed by atoms with E-state index in [1.54, 1.807) is 0 Å². The zero-order valence-electron chi connectivity index (χ0n) is 8.44. The number of rotatable bonds is 3. The first-order chi connectivity index (χ1) is 7.42. The highest BCUT2D eigenvalue weighted by atomic mass is 79.9. The molecule has 0 saturated carbocycles. The summed E-state index contributed by atoms with van der Waals surface area (Å²) in [6.45, 7) is 0. The van der Waals surface area contributed by atoms with Crippen molar-refractivity contribution >= 4 is 35.1 Å². The van der Waals surface area contributed by atoms with Crippen molar-refractivity contribution in [2.24, 2.45) is 0 Å². The van der Waals surface area contributed by atoms with Gasteiger partial charge in [0.15, 0.2) is 0 Å². The van der Waals surface area contributed by atoms with E-state index in [0.29, 0.717) is 0 Å². The molecule has 0 spiro atoms. The molecule has 0 aliphatic rings. The summed E-state index contributed by atoms with van der Waals surface area (Å²) in [5.41, 5.74) is 0. The smallest absolute Gasteiger partial charge is 0.0957 e.